The Kier molecular flexibility index (Phi) is 6.66. The van der Waals surface area contributed by atoms with Crippen LogP contribution in [0, 0.1) is 15.9 Å². The molecule has 3 N–H and O–H groups in total. The average molecular weight is 549 g/mol. The van der Waals surface area contributed by atoms with E-state index in [0.29, 0.717) is 0 Å². The molecule has 192 valence electrons. The standard InChI is InChI=1S/C22H17FN4O8S2/c23-13-5-8-20-16(11-13)17(9-10-36(20,32)33)24-25-19-7-6-14(27(30)31)12-21(19)37(34,35)26-18-4-2-1-3-15(18)22(28)29/h1-8,11-12,25-26H,9-10H2,(H,28,29)/b24-17+. The van der Waals surface area contributed by atoms with Gasteiger partial charge in [0.25, 0.3) is 15.7 Å². The molecular formula is C22H17FN4O8S2. The first-order chi connectivity index (χ1) is 17.4. The number of aromatic carboxylic acids is 1. The zero-order chi connectivity index (χ0) is 27.0. The Morgan fingerprint density at radius 1 is 1.08 bits per heavy atom. The molecule has 4 rings (SSSR count). The highest BCUT2D eigenvalue weighted by Gasteiger charge is 2.29. The molecule has 0 amide bonds. The molecule has 0 saturated carbocycles. The molecule has 0 aliphatic carbocycles. The third-order valence-electron chi connectivity index (χ3n) is 5.37. The van der Waals surface area contributed by atoms with Gasteiger partial charge in [0.05, 0.1) is 38.2 Å². The molecule has 15 heteroatoms. The summed E-state index contributed by atoms with van der Waals surface area (Å²) in [4.78, 5) is 21.2. The van der Waals surface area contributed by atoms with Gasteiger partial charge in [-0.2, -0.15) is 5.10 Å². The minimum Gasteiger partial charge on any atom is -0.478 e. The van der Waals surface area contributed by atoms with E-state index in [1.165, 1.54) is 24.3 Å². The average Bonchev–Trinajstić information content (AvgIpc) is 2.83. The van der Waals surface area contributed by atoms with E-state index in [1.807, 2.05) is 0 Å². The summed E-state index contributed by atoms with van der Waals surface area (Å²) < 4.78 is 67.1. The largest absolute Gasteiger partial charge is 0.478 e. The van der Waals surface area contributed by atoms with E-state index in [-0.39, 0.29) is 45.3 Å². The lowest BCUT2D eigenvalue weighted by atomic mass is 10.1. The summed E-state index contributed by atoms with van der Waals surface area (Å²) in [6.45, 7) is 0. The maximum atomic E-state index is 13.9. The van der Waals surface area contributed by atoms with Gasteiger partial charge in [-0.05, 0) is 36.4 Å². The van der Waals surface area contributed by atoms with Crippen molar-refractivity contribution in [3.63, 3.8) is 0 Å². The van der Waals surface area contributed by atoms with Gasteiger partial charge in [0.1, 0.15) is 10.7 Å². The molecule has 1 aliphatic heterocycles. The summed E-state index contributed by atoms with van der Waals surface area (Å²) in [6, 6.07) is 11.1. The first-order valence-electron chi connectivity index (χ1n) is 10.4. The molecular weight excluding hydrogens is 531 g/mol. The number of hydrogen-bond donors (Lipinski definition) is 3. The SMILES string of the molecule is O=C(O)c1ccccc1NS(=O)(=O)c1cc([N+](=O)[O-])ccc1N/N=C1\CCS(=O)(=O)c2ccc(F)cc21. The normalized spacial score (nSPS) is 15.5. The van der Waals surface area contributed by atoms with E-state index in [9.17, 15) is 41.2 Å². The van der Waals surface area contributed by atoms with Gasteiger partial charge in [0.2, 0.25) is 0 Å². The van der Waals surface area contributed by atoms with Gasteiger partial charge in [0.15, 0.2) is 9.84 Å². The maximum Gasteiger partial charge on any atom is 0.337 e. The predicted octanol–water partition coefficient (Wildman–Crippen LogP) is 3.23. The summed E-state index contributed by atoms with van der Waals surface area (Å²) in [5.74, 6) is -2.42. The molecule has 12 nitrogen and oxygen atoms in total. The van der Waals surface area contributed by atoms with E-state index < -0.39 is 47.2 Å². The van der Waals surface area contributed by atoms with Crippen LogP contribution in [0.5, 0.6) is 0 Å². The van der Waals surface area contributed by atoms with Crippen molar-refractivity contribution in [1.82, 2.24) is 0 Å². The number of para-hydroxylation sites is 1. The topological polar surface area (TPSA) is 185 Å². The van der Waals surface area contributed by atoms with Crippen molar-refractivity contribution in [1.29, 1.82) is 0 Å². The molecule has 0 atom stereocenters. The molecule has 1 aliphatic rings. The van der Waals surface area contributed by atoms with E-state index >= 15 is 0 Å². The van der Waals surface area contributed by atoms with Crippen molar-refractivity contribution in [2.24, 2.45) is 5.10 Å². The second kappa shape index (κ2) is 9.59. The number of carboxylic acids is 1. The molecule has 0 unspecified atom stereocenters. The van der Waals surface area contributed by atoms with Gasteiger partial charge in [-0.15, -0.1) is 0 Å². The first-order valence-corrected chi connectivity index (χ1v) is 13.5. The van der Waals surface area contributed by atoms with Crippen molar-refractivity contribution < 1.29 is 36.1 Å². The van der Waals surface area contributed by atoms with Crippen LogP contribution in [0.25, 0.3) is 0 Å². The van der Waals surface area contributed by atoms with Crippen molar-refractivity contribution in [3.05, 3.63) is 87.7 Å². The number of nitrogens with one attached hydrogen (secondary N) is 2. The Morgan fingerprint density at radius 2 is 1.81 bits per heavy atom. The quantitative estimate of drug-likeness (QED) is 0.226. The van der Waals surface area contributed by atoms with Crippen molar-refractivity contribution >= 4 is 48.6 Å². The third kappa shape index (κ3) is 5.26. The van der Waals surface area contributed by atoms with Crippen molar-refractivity contribution in [3.8, 4) is 0 Å². The first kappa shape index (κ1) is 25.7. The highest BCUT2D eigenvalue weighted by atomic mass is 32.2. The van der Waals surface area contributed by atoms with Crippen LogP contribution in [-0.2, 0) is 19.9 Å². The van der Waals surface area contributed by atoms with Gasteiger partial charge < -0.3 is 5.11 Å². The van der Waals surface area contributed by atoms with E-state index in [0.717, 1.165) is 36.4 Å². The zero-order valence-corrected chi connectivity index (χ0v) is 20.2. The van der Waals surface area contributed by atoms with Crippen LogP contribution >= 0.6 is 0 Å². The number of anilines is 2. The molecule has 0 radical (unpaired) electrons. The minimum absolute atomic E-state index is 0.00132. The number of halogens is 1. The molecule has 0 bridgehead atoms. The summed E-state index contributed by atoms with van der Waals surface area (Å²) >= 11 is 0. The Morgan fingerprint density at radius 3 is 2.51 bits per heavy atom. The maximum absolute atomic E-state index is 13.9. The number of carbonyl (C=O) groups is 1. The number of fused-ring (bicyclic) bond motifs is 1. The molecule has 0 saturated heterocycles. The highest BCUT2D eigenvalue weighted by molar-refractivity contribution is 7.93. The van der Waals surface area contributed by atoms with Crippen LogP contribution < -0.4 is 10.1 Å². The summed E-state index contributed by atoms with van der Waals surface area (Å²) in [5.41, 5.74) is 1.17. The second-order valence-electron chi connectivity index (χ2n) is 7.77. The minimum atomic E-state index is -4.60. The smallest absolute Gasteiger partial charge is 0.337 e. The fourth-order valence-electron chi connectivity index (χ4n) is 3.62. The van der Waals surface area contributed by atoms with Crippen LogP contribution in [-0.4, -0.2) is 44.3 Å². The second-order valence-corrected chi connectivity index (χ2v) is 11.5. The summed E-state index contributed by atoms with van der Waals surface area (Å²) in [7, 11) is -8.27. The van der Waals surface area contributed by atoms with E-state index in [2.05, 4.69) is 15.2 Å². The van der Waals surface area contributed by atoms with Crippen LogP contribution in [0.4, 0.5) is 21.5 Å². The van der Waals surface area contributed by atoms with Gasteiger partial charge in [-0.1, -0.05) is 12.1 Å². The van der Waals surface area contributed by atoms with Gasteiger partial charge in [0, 0.05) is 24.1 Å². The number of benzene rings is 3. The number of nitro groups is 1. The number of sulfone groups is 1. The Hall–Kier alpha value is -4.37. The number of hydrazone groups is 1. The molecule has 0 aromatic heterocycles. The number of non-ortho nitro benzene ring substituents is 1. The lowest BCUT2D eigenvalue weighted by molar-refractivity contribution is -0.385. The number of rotatable bonds is 7. The summed E-state index contributed by atoms with van der Waals surface area (Å²) in [6.07, 6.45) is -0.106. The Labute approximate surface area is 209 Å². The lowest BCUT2D eigenvalue weighted by Gasteiger charge is -2.19. The van der Waals surface area contributed by atoms with Crippen LogP contribution in [0.3, 0.4) is 0 Å². The fourth-order valence-corrected chi connectivity index (χ4v) is 6.34. The fraction of sp³-hybridized carbons (Fsp3) is 0.0909. The molecule has 1 heterocycles. The number of carboxylic acid groups (broad SMARTS) is 1. The monoisotopic (exact) mass is 548 g/mol. The highest BCUT2D eigenvalue weighted by Crippen LogP contribution is 2.31. The molecule has 0 spiro atoms. The molecule has 0 fully saturated rings. The number of nitrogens with zero attached hydrogens (tertiary/aromatic N) is 2. The van der Waals surface area contributed by atoms with Crippen LogP contribution in [0.15, 0.2) is 75.6 Å². The van der Waals surface area contributed by atoms with Crippen LogP contribution in [0.2, 0.25) is 0 Å². The zero-order valence-electron chi connectivity index (χ0n) is 18.6. The van der Waals surface area contributed by atoms with Crippen molar-refractivity contribution in [2.75, 3.05) is 15.9 Å². The van der Waals surface area contributed by atoms with Gasteiger partial charge in [-0.3, -0.25) is 20.3 Å². The molecule has 37 heavy (non-hydrogen) atoms. The predicted molar refractivity (Wildman–Crippen MR) is 131 cm³/mol. The molecule has 3 aromatic rings. The number of nitro benzene ring substituents is 1. The third-order valence-corrected chi connectivity index (χ3v) is 8.55. The van der Waals surface area contributed by atoms with E-state index in [1.54, 1.807) is 0 Å². The van der Waals surface area contributed by atoms with Gasteiger partial charge >= 0.3 is 5.97 Å². The van der Waals surface area contributed by atoms with E-state index in [4.69, 9.17) is 0 Å². The number of sulfonamides is 1. The van der Waals surface area contributed by atoms with Crippen molar-refractivity contribution in [2.45, 2.75) is 16.2 Å². The number of hydrogen-bond acceptors (Lipinski definition) is 9. The Balaban J connectivity index is 1.77. The molecule has 3 aromatic carbocycles. The van der Waals surface area contributed by atoms with Crippen LogP contribution in [0.1, 0.15) is 22.3 Å². The lowest BCUT2D eigenvalue weighted by Crippen LogP contribution is -2.23. The van der Waals surface area contributed by atoms with Gasteiger partial charge in [-0.25, -0.2) is 26.0 Å². The Bertz CT molecular complexity index is 1690. The summed E-state index contributed by atoms with van der Waals surface area (Å²) in [5, 5.41) is 24.7.